The number of nitrogens with two attached hydrogens (primary N) is 1. The van der Waals surface area contributed by atoms with E-state index in [1.165, 1.54) is 18.5 Å². The maximum Gasteiger partial charge on any atom is 0.320 e. The van der Waals surface area contributed by atoms with Crippen molar-refractivity contribution in [1.29, 1.82) is 0 Å². The van der Waals surface area contributed by atoms with Crippen LogP contribution in [0.5, 0.6) is 0 Å². The van der Waals surface area contributed by atoms with Crippen molar-refractivity contribution in [1.82, 2.24) is 4.37 Å². The molecular weight excluding hydrogens is 164 g/mol. The van der Waals surface area contributed by atoms with E-state index in [9.17, 15) is 4.79 Å². The largest absolute Gasteiger partial charge is 0.480 e. The van der Waals surface area contributed by atoms with Crippen molar-refractivity contribution >= 4 is 17.5 Å². The second-order valence-electron chi connectivity index (χ2n) is 1.82. The standard InChI is InChI=1S/C3H7NO2.C3H3NS/c1-2(4)3(5)6;1-2-4-5-3-1/h2H,4H2,1H3,(H,5,6);1-3H/t2-;/m0./s1. The lowest BCUT2D eigenvalue weighted by molar-refractivity contribution is -0.138. The molecule has 1 heterocycles. The summed E-state index contributed by atoms with van der Waals surface area (Å²) in [5.74, 6) is -0.963. The summed E-state index contributed by atoms with van der Waals surface area (Å²) < 4.78 is 3.76. The van der Waals surface area contributed by atoms with Crippen molar-refractivity contribution < 1.29 is 9.90 Å². The minimum atomic E-state index is -0.963. The lowest BCUT2D eigenvalue weighted by Crippen LogP contribution is -2.25. The van der Waals surface area contributed by atoms with E-state index in [4.69, 9.17) is 10.8 Å². The topological polar surface area (TPSA) is 76.2 Å². The Morgan fingerprint density at radius 3 is 2.45 bits per heavy atom. The molecule has 5 heteroatoms. The number of carboxylic acid groups (broad SMARTS) is 1. The summed E-state index contributed by atoms with van der Waals surface area (Å²) in [6, 6.07) is 1.18. The van der Waals surface area contributed by atoms with Gasteiger partial charge in [-0.15, -0.1) is 0 Å². The van der Waals surface area contributed by atoms with E-state index in [1.54, 1.807) is 6.20 Å². The molecule has 3 N–H and O–H groups in total. The van der Waals surface area contributed by atoms with Crippen molar-refractivity contribution in [3.05, 3.63) is 17.6 Å². The highest BCUT2D eigenvalue weighted by Gasteiger charge is 1.99. The quantitative estimate of drug-likeness (QED) is 0.652. The fourth-order valence-corrected chi connectivity index (χ4v) is 0.527. The zero-order valence-electron chi connectivity index (χ0n) is 6.10. The molecule has 0 bridgehead atoms. The lowest BCUT2D eigenvalue weighted by Gasteiger charge is -1.90. The summed E-state index contributed by atoms with van der Waals surface area (Å²) in [6.07, 6.45) is 1.77. The number of aromatic nitrogens is 1. The molecular formula is C6H10N2O2S. The molecule has 0 aliphatic rings. The molecule has 0 spiro atoms. The second-order valence-corrected chi connectivity index (χ2v) is 2.51. The van der Waals surface area contributed by atoms with Crippen LogP contribution in [0.15, 0.2) is 17.6 Å². The molecule has 11 heavy (non-hydrogen) atoms. The van der Waals surface area contributed by atoms with Gasteiger partial charge in [0, 0.05) is 11.6 Å². The molecule has 62 valence electrons. The van der Waals surface area contributed by atoms with Crippen molar-refractivity contribution in [2.75, 3.05) is 0 Å². The molecule has 0 radical (unpaired) electrons. The van der Waals surface area contributed by atoms with Gasteiger partial charge in [-0.3, -0.25) is 4.79 Å². The van der Waals surface area contributed by atoms with Crippen LogP contribution in [0.25, 0.3) is 0 Å². The van der Waals surface area contributed by atoms with E-state index in [-0.39, 0.29) is 0 Å². The van der Waals surface area contributed by atoms with Crippen LogP contribution in [-0.2, 0) is 4.79 Å². The van der Waals surface area contributed by atoms with Crippen LogP contribution in [-0.4, -0.2) is 21.5 Å². The molecule has 0 amide bonds. The first kappa shape index (κ1) is 10.1. The molecule has 0 saturated carbocycles. The Morgan fingerprint density at radius 2 is 2.36 bits per heavy atom. The summed E-state index contributed by atoms with van der Waals surface area (Å²) in [5.41, 5.74) is 4.84. The third kappa shape index (κ3) is 6.95. The number of aliphatic carboxylic acids is 1. The summed E-state index contributed by atoms with van der Waals surface area (Å²) in [4.78, 5) is 9.57. The molecule has 0 aromatic carbocycles. The molecule has 1 atom stereocenters. The minimum Gasteiger partial charge on any atom is -0.480 e. The summed E-state index contributed by atoms with van der Waals surface area (Å²) in [6.45, 7) is 1.42. The van der Waals surface area contributed by atoms with Crippen LogP contribution in [0, 0.1) is 0 Å². The Bertz CT molecular complexity index is 169. The minimum absolute atomic E-state index is 0.731. The third-order valence-corrected chi connectivity index (χ3v) is 1.26. The highest BCUT2D eigenvalue weighted by Crippen LogP contribution is 1.83. The van der Waals surface area contributed by atoms with Crippen molar-refractivity contribution in [3.8, 4) is 0 Å². The van der Waals surface area contributed by atoms with Crippen LogP contribution in [0.2, 0.25) is 0 Å². The van der Waals surface area contributed by atoms with Gasteiger partial charge >= 0.3 is 5.97 Å². The van der Waals surface area contributed by atoms with Crippen LogP contribution >= 0.6 is 11.5 Å². The average Bonchev–Trinajstić information content (AvgIpc) is 2.41. The molecule has 1 aromatic rings. The van der Waals surface area contributed by atoms with Gasteiger partial charge in [-0.25, -0.2) is 4.37 Å². The van der Waals surface area contributed by atoms with Gasteiger partial charge in [-0.1, -0.05) is 0 Å². The first-order chi connectivity index (χ1) is 5.14. The summed E-state index contributed by atoms with van der Waals surface area (Å²) in [7, 11) is 0. The molecule has 4 nitrogen and oxygen atoms in total. The SMILES string of the molecule is C[C@H](N)C(=O)O.c1cnsc1. The molecule has 0 aliphatic carbocycles. The number of rotatable bonds is 1. The zero-order chi connectivity index (χ0) is 8.69. The van der Waals surface area contributed by atoms with E-state index < -0.39 is 12.0 Å². The maximum absolute atomic E-state index is 9.57. The van der Waals surface area contributed by atoms with Gasteiger partial charge < -0.3 is 10.8 Å². The van der Waals surface area contributed by atoms with Gasteiger partial charge in [0.1, 0.15) is 6.04 Å². The number of hydrogen-bond acceptors (Lipinski definition) is 4. The monoisotopic (exact) mass is 174 g/mol. The molecule has 0 aliphatic heterocycles. The van der Waals surface area contributed by atoms with Crippen LogP contribution in [0.1, 0.15) is 6.92 Å². The predicted octanol–water partition coefficient (Wildman–Crippen LogP) is 0.561. The third-order valence-electron chi connectivity index (χ3n) is 0.737. The maximum atomic E-state index is 9.57. The second kappa shape index (κ2) is 5.82. The number of carboxylic acids is 1. The Labute approximate surface area is 68.8 Å². The van der Waals surface area contributed by atoms with Crippen molar-refractivity contribution in [3.63, 3.8) is 0 Å². The van der Waals surface area contributed by atoms with Crippen molar-refractivity contribution in [2.24, 2.45) is 5.73 Å². The number of carbonyl (C=O) groups is 1. The molecule has 0 saturated heterocycles. The summed E-state index contributed by atoms with van der Waals surface area (Å²) in [5, 5.41) is 9.80. The van der Waals surface area contributed by atoms with Crippen LogP contribution in [0.3, 0.4) is 0 Å². The van der Waals surface area contributed by atoms with Crippen LogP contribution in [0.4, 0.5) is 0 Å². The molecule has 1 rings (SSSR count). The van der Waals surface area contributed by atoms with Gasteiger partial charge in [0.05, 0.1) is 0 Å². The van der Waals surface area contributed by atoms with E-state index in [1.807, 2.05) is 11.4 Å². The molecule has 0 fully saturated rings. The normalized spacial score (nSPS) is 11.1. The van der Waals surface area contributed by atoms with Gasteiger partial charge in [-0.2, -0.15) is 0 Å². The Kier molecular flexibility index (Phi) is 5.32. The molecule has 0 unspecified atom stereocenters. The Hall–Kier alpha value is -0.940. The van der Waals surface area contributed by atoms with Crippen molar-refractivity contribution in [2.45, 2.75) is 13.0 Å². The predicted molar refractivity (Wildman–Crippen MR) is 43.4 cm³/mol. The van der Waals surface area contributed by atoms with E-state index >= 15 is 0 Å². The highest BCUT2D eigenvalue weighted by atomic mass is 32.1. The first-order valence-corrected chi connectivity index (χ1v) is 3.81. The van der Waals surface area contributed by atoms with E-state index in [0.717, 1.165) is 0 Å². The highest BCUT2D eigenvalue weighted by molar-refractivity contribution is 7.03. The first-order valence-electron chi connectivity index (χ1n) is 2.97. The van der Waals surface area contributed by atoms with Crippen LogP contribution < -0.4 is 5.73 Å². The smallest absolute Gasteiger partial charge is 0.320 e. The summed E-state index contributed by atoms with van der Waals surface area (Å²) >= 11 is 1.46. The van der Waals surface area contributed by atoms with Gasteiger partial charge in [-0.05, 0) is 24.5 Å². The molecule has 1 aromatic heterocycles. The fourth-order valence-electron chi connectivity index (χ4n) is 0.176. The fraction of sp³-hybridized carbons (Fsp3) is 0.333. The number of nitrogens with zero attached hydrogens (tertiary/aromatic N) is 1. The van der Waals surface area contributed by atoms with Gasteiger partial charge in [0.25, 0.3) is 0 Å². The number of hydrogen-bond donors (Lipinski definition) is 2. The Balaban J connectivity index is 0.000000183. The van der Waals surface area contributed by atoms with Gasteiger partial charge in [0.15, 0.2) is 0 Å². The van der Waals surface area contributed by atoms with Gasteiger partial charge in [0.2, 0.25) is 0 Å². The average molecular weight is 174 g/mol. The zero-order valence-corrected chi connectivity index (χ0v) is 6.91. The van der Waals surface area contributed by atoms with E-state index in [2.05, 4.69) is 4.37 Å². The van der Waals surface area contributed by atoms with E-state index in [0.29, 0.717) is 0 Å². The Morgan fingerprint density at radius 1 is 1.82 bits per heavy atom. The lowest BCUT2D eigenvalue weighted by atomic mass is 10.4.